The summed E-state index contributed by atoms with van der Waals surface area (Å²) in [6.45, 7) is 6.40. The zero-order chi connectivity index (χ0) is 14.6. The number of nitrogens with one attached hydrogen (secondary N) is 1. The monoisotopic (exact) mass is 277 g/mol. The van der Waals surface area contributed by atoms with E-state index in [0.717, 1.165) is 12.2 Å². The maximum atomic E-state index is 11.4. The highest BCUT2D eigenvalue weighted by Gasteiger charge is 2.15. The Balaban J connectivity index is 1.70. The minimum Gasteiger partial charge on any atom is -0.492 e. The van der Waals surface area contributed by atoms with E-state index in [0.29, 0.717) is 13.2 Å². The highest BCUT2D eigenvalue weighted by molar-refractivity contribution is 5.67. The first-order chi connectivity index (χ1) is 9.44. The number of ether oxygens (including phenoxy) is 2. The van der Waals surface area contributed by atoms with Crippen LogP contribution in [-0.4, -0.2) is 24.8 Å². The molecule has 0 saturated heterocycles. The summed E-state index contributed by atoms with van der Waals surface area (Å²) in [4.78, 5) is 11.4. The van der Waals surface area contributed by atoms with Crippen molar-refractivity contribution < 1.29 is 14.3 Å². The number of amides is 1. The van der Waals surface area contributed by atoms with E-state index in [1.165, 1.54) is 24.0 Å². The third-order valence-corrected chi connectivity index (χ3v) is 3.11. The predicted molar refractivity (Wildman–Crippen MR) is 78.2 cm³/mol. The lowest BCUT2D eigenvalue weighted by Gasteiger charge is -2.19. The van der Waals surface area contributed by atoms with E-state index in [2.05, 4.69) is 17.4 Å². The molecule has 0 heterocycles. The lowest BCUT2D eigenvalue weighted by Crippen LogP contribution is -2.34. The molecule has 0 saturated carbocycles. The van der Waals surface area contributed by atoms with Gasteiger partial charge in [0.15, 0.2) is 0 Å². The summed E-state index contributed by atoms with van der Waals surface area (Å²) in [6.07, 6.45) is 3.15. The van der Waals surface area contributed by atoms with Gasteiger partial charge in [0.2, 0.25) is 0 Å². The number of aryl methyl sites for hydroxylation is 2. The summed E-state index contributed by atoms with van der Waals surface area (Å²) in [6, 6.07) is 6.24. The molecule has 0 unspecified atom stereocenters. The van der Waals surface area contributed by atoms with E-state index in [9.17, 15) is 4.79 Å². The fourth-order valence-electron chi connectivity index (χ4n) is 2.27. The van der Waals surface area contributed by atoms with Gasteiger partial charge in [-0.3, -0.25) is 0 Å². The molecule has 1 amide bonds. The molecule has 1 N–H and O–H groups in total. The molecule has 1 aliphatic carbocycles. The molecule has 4 heteroatoms. The smallest absolute Gasteiger partial charge is 0.407 e. The van der Waals surface area contributed by atoms with Gasteiger partial charge in [0.25, 0.3) is 0 Å². The third-order valence-electron chi connectivity index (χ3n) is 3.11. The highest BCUT2D eigenvalue weighted by Crippen LogP contribution is 2.25. The van der Waals surface area contributed by atoms with E-state index in [1.54, 1.807) is 0 Å². The van der Waals surface area contributed by atoms with E-state index < -0.39 is 11.7 Å². The molecule has 1 aromatic carbocycles. The second kappa shape index (κ2) is 6.16. The van der Waals surface area contributed by atoms with Crippen LogP contribution < -0.4 is 10.1 Å². The summed E-state index contributed by atoms with van der Waals surface area (Å²) in [5.74, 6) is 0.872. The van der Waals surface area contributed by atoms with Crippen molar-refractivity contribution in [3.63, 3.8) is 0 Å². The Morgan fingerprint density at radius 2 is 2.00 bits per heavy atom. The molecule has 1 aliphatic rings. The Morgan fingerprint density at radius 3 is 2.75 bits per heavy atom. The second-order valence-electron chi connectivity index (χ2n) is 6.06. The molecule has 0 aliphatic heterocycles. The maximum Gasteiger partial charge on any atom is 0.407 e. The normalized spacial score (nSPS) is 13.8. The van der Waals surface area contributed by atoms with Crippen LogP contribution in [-0.2, 0) is 17.6 Å². The first-order valence-electron chi connectivity index (χ1n) is 7.15. The number of hydrogen-bond acceptors (Lipinski definition) is 3. The van der Waals surface area contributed by atoms with E-state index in [1.807, 2.05) is 26.8 Å². The Kier molecular flexibility index (Phi) is 4.53. The molecule has 20 heavy (non-hydrogen) atoms. The number of carbonyl (C=O) groups is 1. The molecule has 0 bridgehead atoms. The maximum absolute atomic E-state index is 11.4. The average Bonchev–Trinajstić information content (AvgIpc) is 2.79. The van der Waals surface area contributed by atoms with Gasteiger partial charge in [-0.2, -0.15) is 0 Å². The first kappa shape index (κ1) is 14.7. The Bertz CT molecular complexity index is 477. The highest BCUT2D eigenvalue weighted by atomic mass is 16.6. The van der Waals surface area contributed by atoms with E-state index in [4.69, 9.17) is 9.47 Å². The second-order valence-corrected chi connectivity index (χ2v) is 6.06. The van der Waals surface area contributed by atoms with Crippen molar-refractivity contribution in [1.29, 1.82) is 0 Å². The molecule has 2 rings (SSSR count). The van der Waals surface area contributed by atoms with Crippen molar-refractivity contribution in [2.75, 3.05) is 13.2 Å². The Labute approximate surface area is 120 Å². The molecule has 1 aromatic rings. The minimum absolute atomic E-state index is 0.407. The van der Waals surface area contributed by atoms with Gasteiger partial charge in [-0.15, -0.1) is 0 Å². The van der Waals surface area contributed by atoms with Gasteiger partial charge in [-0.1, -0.05) is 6.07 Å². The summed E-state index contributed by atoms with van der Waals surface area (Å²) in [5, 5.41) is 2.68. The molecule has 0 radical (unpaired) electrons. The average molecular weight is 277 g/mol. The standard InChI is InChI=1S/C16H23NO3/c1-16(2,3)20-15(18)17-9-10-19-14-8-7-12-5-4-6-13(12)11-14/h7-8,11H,4-6,9-10H2,1-3H3,(H,17,18). The number of alkyl carbamates (subject to hydrolysis) is 1. The van der Waals surface area contributed by atoms with Crippen LogP contribution in [0.2, 0.25) is 0 Å². The number of rotatable bonds is 4. The third kappa shape index (κ3) is 4.44. The van der Waals surface area contributed by atoms with Crippen LogP contribution in [0.1, 0.15) is 38.3 Å². The van der Waals surface area contributed by atoms with Crippen molar-refractivity contribution in [3.05, 3.63) is 29.3 Å². The zero-order valence-corrected chi connectivity index (χ0v) is 12.5. The molecule has 0 spiro atoms. The van der Waals surface area contributed by atoms with Crippen molar-refractivity contribution in [1.82, 2.24) is 5.32 Å². The van der Waals surface area contributed by atoms with Crippen molar-refractivity contribution in [3.8, 4) is 5.75 Å². The van der Waals surface area contributed by atoms with Crippen LogP contribution in [0.3, 0.4) is 0 Å². The van der Waals surface area contributed by atoms with Gasteiger partial charge in [0.05, 0.1) is 6.54 Å². The van der Waals surface area contributed by atoms with Crippen LogP contribution in [0.15, 0.2) is 18.2 Å². The van der Waals surface area contributed by atoms with Crippen molar-refractivity contribution in [2.45, 2.75) is 45.6 Å². The Hall–Kier alpha value is -1.71. The zero-order valence-electron chi connectivity index (χ0n) is 12.5. The lowest BCUT2D eigenvalue weighted by atomic mass is 10.1. The van der Waals surface area contributed by atoms with Gasteiger partial charge in [0, 0.05) is 0 Å². The number of hydrogen-bond donors (Lipinski definition) is 1. The van der Waals surface area contributed by atoms with Gasteiger partial charge in [0.1, 0.15) is 18.0 Å². The first-order valence-corrected chi connectivity index (χ1v) is 7.15. The number of carbonyl (C=O) groups excluding carboxylic acids is 1. The quantitative estimate of drug-likeness (QED) is 0.860. The van der Waals surface area contributed by atoms with Crippen molar-refractivity contribution >= 4 is 6.09 Å². The number of fused-ring (bicyclic) bond motifs is 1. The van der Waals surface area contributed by atoms with Crippen LogP contribution in [0, 0.1) is 0 Å². The van der Waals surface area contributed by atoms with Crippen molar-refractivity contribution in [2.24, 2.45) is 0 Å². The van der Waals surface area contributed by atoms with Gasteiger partial charge < -0.3 is 14.8 Å². The number of benzene rings is 1. The molecule has 0 aromatic heterocycles. The van der Waals surface area contributed by atoms with Crippen LogP contribution in [0.5, 0.6) is 5.75 Å². The van der Waals surface area contributed by atoms with Crippen LogP contribution in [0.4, 0.5) is 4.79 Å². The van der Waals surface area contributed by atoms with E-state index >= 15 is 0 Å². The molecular weight excluding hydrogens is 254 g/mol. The SMILES string of the molecule is CC(C)(C)OC(=O)NCCOc1ccc2c(c1)CCC2. The summed E-state index contributed by atoms with van der Waals surface area (Å²) < 4.78 is 10.8. The topological polar surface area (TPSA) is 47.6 Å². The summed E-state index contributed by atoms with van der Waals surface area (Å²) in [5.41, 5.74) is 2.36. The lowest BCUT2D eigenvalue weighted by molar-refractivity contribution is 0.0520. The Morgan fingerprint density at radius 1 is 1.25 bits per heavy atom. The predicted octanol–water partition coefficient (Wildman–Crippen LogP) is 3.08. The molecular formula is C16H23NO3. The van der Waals surface area contributed by atoms with Gasteiger partial charge in [-0.05, 0) is 63.3 Å². The fraction of sp³-hybridized carbons (Fsp3) is 0.562. The van der Waals surface area contributed by atoms with Gasteiger partial charge in [-0.25, -0.2) is 4.79 Å². The largest absolute Gasteiger partial charge is 0.492 e. The van der Waals surface area contributed by atoms with Gasteiger partial charge >= 0.3 is 6.09 Å². The van der Waals surface area contributed by atoms with Crippen LogP contribution >= 0.6 is 0 Å². The molecule has 0 fully saturated rings. The minimum atomic E-state index is -0.467. The summed E-state index contributed by atoms with van der Waals surface area (Å²) in [7, 11) is 0. The fourth-order valence-corrected chi connectivity index (χ4v) is 2.27. The summed E-state index contributed by atoms with van der Waals surface area (Å²) >= 11 is 0. The van der Waals surface area contributed by atoms with Crippen LogP contribution in [0.25, 0.3) is 0 Å². The molecule has 4 nitrogen and oxygen atoms in total. The molecule has 0 atom stereocenters. The molecule has 110 valence electrons. The van der Waals surface area contributed by atoms with E-state index in [-0.39, 0.29) is 0 Å².